The minimum Gasteiger partial charge on any atom is -0.479 e. The Morgan fingerprint density at radius 2 is 1.08 bits per heavy atom. The van der Waals surface area contributed by atoms with E-state index >= 15 is 0 Å². The molecule has 5 rings (SSSR count). The number of aliphatic hydroxyl groups excluding tert-OH is 10. The van der Waals surface area contributed by atoms with Gasteiger partial charge in [0.25, 0.3) is 5.79 Å². The molecule has 0 aromatic heterocycles. The average Bonchev–Trinajstić information content (AvgIpc) is 3.45. The number of carboxylic acid groups (broad SMARTS) is 2. The van der Waals surface area contributed by atoms with Crippen molar-refractivity contribution in [2.24, 2.45) is 0 Å². The number of hydrogen-bond acceptors (Lipinski definition) is 21. The number of fused-ring (bicyclic) bond motifs is 1. The minimum atomic E-state index is -2.39. The van der Waals surface area contributed by atoms with Crippen molar-refractivity contribution >= 4 is 11.9 Å². The average molecular weight is 735 g/mol. The lowest BCUT2D eigenvalue weighted by Crippen LogP contribution is -2.67. The number of aliphatic hydroxyl groups is 10. The second kappa shape index (κ2) is 15.3. The van der Waals surface area contributed by atoms with Crippen LogP contribution in [0.25, 0.3) is 0 Å². The van der Waals surface area contributed by atoms with Gasteiger partial charge in [0.1, 0.15) is 85.5 Å². The summed E-state index contributed by atoms with van der Waals surface area (Å²) in [5.41, 5.74) is 0. The highest BCUT2D eigenvalue weighted by Crippen LogP contribution is 2.40. The molecular formula is C27H42O23. The molecule has 0 aromatic carbocycles. The zero-order valence-corrected chi connectivity index (χ0v) is 26.3. The van der Waals surface area contributed by atoms with Gasteiger partial charge in [0, 0.05) is 6.92 Å². The van der Waals surface area contributed by atoms with Gasteiger partial charge in [0.2, 0.25) is 0 Å². The second-order valence-corrected chi connectivity index (χ2v) is 12.6. The molecule has 0 aromatic rings. The van der Waals surface area contributed by atoms with E-state index in [0.29, 0.717) is 0 Å². The van der Waals surface area contributed by atoms with E-state index in [1.54, 1.807) is 0 Å². The Morgan fingerprint density at radius 3 is 1.62 bits per heavy atom. The molecule has 0 aliphatic carbocycles. The zero-order chi connectivity index (χ0) is 37.0. The number of carboxylic acids is 2. The van der Waals surface area contributed by atoms with E-state index in [1.807, 2.05) is 0 Å². The lowest BCUT2D eigenvalue weighted by molar-refractivity contribution is -0.384. The first kappa shape index (κ1) is 39.4. The van der Waals surface area contributed by atoms with Crippen LogP contribution in [-0.2, 0) is 52.2 Å². The van der Waals surface area contributed by atoms with E-state index in [4.69, 9.17) is 42.6 Å². The molecule has 23 heteroatoms. The van der Waals surface area contributed by atoms with Gasteiger partial charge in [-0.1, -0.05) is 0 Å². The fourth-order valence-electron chi connectivity index (χ4n) is 6.32. The first-order valence-electron chi connectivity index (χ1n) is 15.5. The van der Waals surface area contributed by atoms with Gasteiger partial charge in [-0.15, -0.1) is 0 Å². The third kappa shape index (κ3) is 7.23. The van der Waals surface area contributed by atoms with Gasteiger partial charge >= 0.3 is 11.9 Å². The van der Waals surface area contributed by atoms with E-state index in [1.165, 1.54) is 6.92 Å². The van der Waals surface area contributed by atoms with Crippen molar-refractivity contribution in [2.45, 2.75) is 142 Å². The van der Waals surface area contributed by atoms with E-state index in [-0.39, 0.29) is 0 Å². The Balaban J connectivity index is 1.35. The van der Waals surface area contributed by atoms with Gasteiger partial charge in [0.15, 0.2) is 31.3 Å². The summed E-state index contributed by atoms with van der Waals surface area (Å²) in [6, 6.07) is 0. The van der Waals surface area contributed by atoms with Crippen molar-refractivity contribution in [1.82, 2.24) is 0 Å². The first-order chi connectivity index (χ1) is 23.4. The highest BCUT2D eigenvalue weighted by atomic mass is 16.8. The van der Waals surface area contributed by atoms with Gasteiger partial charge in [0.05, 0.1) is 19.3 Å². The summed E-state index contributed by atoms with van der Waals surface area (Å²) in [6.07, 6.45) is -35.9. The van der Waals surface area contributed by atoms with Crippen LogP contribution < -0.4 is 0 Å². The predicted octanol–water partition coefficient (Wildman–Crippen LogP) is -7.77. The van der Waals surface area contributed by atoms with E-state index in [2.05, 4.69) is 0 Å². The lowest BCUT2D eigenvalue weighted by Gasteiger charge is -2.48. The molecule has 0 amide bonds. The molecular weight excluding hydrogens is 692 g/mol. The topological polar surface area (TPSA) is 360 Å². The number of rotatable bonds is 10. The van der Waals surface area contributed by atoms with E-state index in [9.17, 15) is 70.9 Å². The molecule has 5 heterocycles. The van der Waals surface area contributed by atoms with Crippen molar-refractivity contribution < 1.29 is 113 Å². The zero-order valence-electron chi connectivity index (χ0n) is 26.3. The molecule has 21 atom stereocenters. The van der Waals surface area contributed by atoms with Gasteiger partial charge in [-0.05, 0) is 6.92 Å². The summed E-state index contributed by atoms with van der Waals surface area (Å²) in [4.78, 5) is 23.9. The Morgan fingerprint density at radius 1 is 0.600 bits per heavy atom. The van der Waals surface area contributed by atoms with Crippen LogP contribution in [0.4, 0.5) is 0 Å². The van der Waals surface area contributed by atoms with Gasteiger partial charge in [-0.25, -0.2) is 9.59 Å². The predicted molar refractivity (Wildman–Crippen MR) is 147 cm³/mol. The smallest absolute Gasteiger partial charge is 0.364 e. The molecule has 23 nitrogen and oxygen atoms in total. The summed E-state index contributed by atoms with van der Waals surface area (Å²) in [7, 11) is 0. The standard InChI is InChI=1S/C27H42O23/c1-5-8(30)15(46-23-12(34)11(33)9(31)6(3-28)43-23)13(35)24(42-5)47-16-10(32)7(4-29)44-25(14(16)36)48-17-18-20(22(39)45-19(17)21(37)38)50-27(2,49-18)26(40)41/h5-20,22-25,28-36,39H,3-4H2,1-2H3,(H,37,38)(H,40,41)/t5-,6+,7+,8+,9-,10+,11-,12+,13-,14+,15+,16-,17-,18-,19-,20+,22?,23+,24-,25+,27?/m0/s1. The maximum Gasteiger partial charge on any atom is 0.364 e. The van der Waals surface area contributed by atoms with E-state index < -0.39 is 154 Å². The molecule has 0 spiro atoms. The van der Waals surface area contributed by atoms with Crippen molar-refractivity contribution in [1.29, 1.82) is 0 Å². The summed E-state index contributed by atoms with van der Waals surface area (Å²) >= 11 is 0. The van der Waals surface area contributed by atoms with Crippen molar-refractivity contribution in [3.63, 3.8) is 0 Å². The SMILES string of the molecule is C[C@@H]1O[C@@H](O[C@@H]2[C@@H](O)[C@@H](O[C@H]3[C@@H]4OC(C)(C(=O)O)O[C@H]4C(O)O[C@@H]3C(=O)O)O[C@H](CO)[C@H]2O)[C@@H](O)[C@H](O[C@H]2O[C@H](CO)[C@H](O)[C@H](O)[C@H]2O)[C@@H]1O. The van der Waals surface area contributed by atoms with Gasteiger partial charge in [-0.3, -0.25) is 0 Å². The fourth-order valence-corrected chi connectivity index (χ4v) is 6.32. The molecule has 50 heavy (non-hydrogen) atoms. The summed E-state index contributed by atoms with van der Waals surface area (Å²) in [5, 5.41) is 124. The van der Waals surface area contributed by atoms with E-state index in [0.717, 1.165) is 6.92 Å². The molecule has 2 unspecified atom stereocenters. The monoisotopic (exact) mass is 734 g/mol. The molecule has 12 N–H and O–H groups in total. The first-order valence-corrected chi connectivity index (χ1v) is 15.5. The second-order valence-electron chi connectivity index (χ2n) is 12.6. The fraction of sp³-hybridized carbons (Fsp3) is 0.926. The number of hydrogen-bond donors (Lipinski definition) is 12. The maximum atomic E-state index is 12.1. The number of carbonyl (C=O) groups is 2. The summed E-state index contributed by atoms with van der Waals surface area (Å²) in [6.45, 7) is 0.541. The molecule has 5 saturated heterocycles. The van der Waals surface area contributed by atoms with Crippen LogP contribution in [-0.4, -0.2) is 215 Å². The van der Waals surface area contributed by atoms with Crippen LogP contribution in [0.15, 0.2) is 0 Å². The Bertz CT molecular complexity index is 1190. The largest absolute Gasteiger partial charge is 0.479 e. The van der Waals surface area contributed by atoms with Crippen LogP contribution in [0.2, 0.25) is 0 Å². The Hall–Kier alpha value is -1.82. The molecule has 5 fully saturated rings. The molecule has 5 aliphatic rings. The third-order valence-corrected chi connectivity index (χ3v) is 9.19. The van der Waals surface area contributed by atoms with Crippen LogP contribution in [0.5, 0.6) is 0 Å². The van der Waals surface area contributed by atoms with Crippen molar-refractivity contribution in [3.8, 4) is 0 Å². The number of ether oxygens (including phenoxy) is 9. The van der Waals surface area contributed by atoms with Crippen LogP contribution in [0.1, 0.15) is 13.8 Å². The Kier molecular flexibility index (Phi) is 12.0. The molecule has 0 saturated carbocycles. The van der Waals surface area contributed by atoms with Crippen molar-refractivity contribution in [2.75, 3.05) is 13.2 Å². The van der Waals surface area contributed by atoms with Crippen LogP contribution in [0.3, 0.4) is 0 Å². The quantitative estimate of drug-likeness (QED) is 0.0991. The highest BCUT2D eigenvalue weighted by molar-refractivity contribution is 5.76. The molecule has 288 valence electrons. The molecule has 0 radical (unpaired) electrons. The normalized spacial score (nSPS) is 52.7. The van der Waals surface area contributed by atoms with Crippen LogP contribution >= 0.6 is 0 Å². The molecule has 0 bridgehead atoms. The van der Waals surface area contributed by atoms with Gasteiger partial charge < -0.3 is 104 Å². The number of aliphatic carboxylic acids is 2. The maximum absolute atomic E-state index is 12.1. The Labute approximate surface area is 281 Å². The highest BCUT2D eigenvalue weighted by Gasteiger charge is 2.62. The van der Waals surface area contributed by atoms with Crippen molar-refractivity contribution in [3.05, 3.63) is 0 Å². The lowest BCUT2D eigenvalue weighted by atomic mass is 9.95. The summed E-state index contributed by atoms with van der Waals surface area (Å²) in [5.74, 6) is -5.75. The van der Waals surface area contributed by atoms with Gasteiger partial charge in [-0.2, -0.15) is 0 Å². The summed E-state index contributed by atoms with van der Waals surface area (Å²) < 4.78 is 49.1. The van der Waals surface area contributed by atoms with Crippen LogP contribution in [0, 0.1) is 0 Å². The molecule has 5 aliphatic heterocycles. The third-order valence-electron chi connectivity index (χ3n) is 9.19. The minimum absolute atomic E-state index is 0.805.